The Morgan fingerprint density at radius 3 is 2.38 bits per heavy atom. The first-order valence-electron chi connectivity index (χ1n) is 9.73. The number of aromatic nitrogens is 2. The molecule has 0 spiro atoms. The number of nitrogens with zero attached hydrogens (tertiary/aromatic N) is 2. The minimum absolute atomic E-state index is 0.244. The number of benzene rings is 2. The summed E-state index contributed by atoms with van der Waals surface area (Å²) < 4.78 is 16.1. The Labute approximate surface area is 170 Å². The first-order chi connectivity index (χ1) is 14.1. The summed E-state index contributed by atoms with van der Waals surface area (Å²) in [5.74, 6) is 1.30. The van der Waals surface area contributed by atoms with Gasteiger partial charge in [-0.25, -0.2) is 4.63 Å². The molecule has 0 saturated carbocycles. The largest absolute Gasteiger partial charge is 0.494 e. The topological polar surface area (TPSA) is 86.5 Å². The van der Waals surface area contributed by atoms with Gasteiger partial charge in [-0.1, -0.05) is 26.0 Å². The van der Waals surface area contributed by atoms with Gasteiger partial charge in [0.2, 0.25) is 5.82 Å². The second kappa shape index (κ2) is 9.73. The van der Waals surface area contributed by atoms with Crippen molar-refractivity contribution in [3.63, 3.8) is 0 Å². The maximum absolute atomic E-state index is 12.5. The van der Waals surface area contributed by atoms with Gasteiger partial charge < -0.3 is 14.8 Å². The number of nitrogens with one attached hydrogen (secondary N) is 1. The number of anilines is 1. The highest BCUT2D eigenvalue weighted by atomic mass is 16.6. The fourth-order valence-corrected chi connectivity index (χ4v) is 2.67. The average Bonchev–Trinajstić information content (AvgIpc) is 3.21. The maximum Gasteiger partial charge on any atom is 0.266 e. The molecule has 7 heteroatoms. The number of aryl methyl sites for hydroxylation is 1. The van der Waals surface area contributed by atoms with Crippen LogP contribution in [-0.4, -0.2) is 28.9 Å². The zero-order chi connectivity index (χ0) is 20.6. The van der Waals surface area contributed by atoms with Crippen molar-refractivity contribution in [2.24, 2.45) is 0 Å². The molecule has 0 fully saturated rings. The van der Waals surface area contributed by atoms with Crippen LogP contribution in [0.2, 0.25) is 0 Å². The highest BCUT2D eigenvalue weighted by molar-refractivity contribution is 5.95. The summed E-state index contributed by atoms with van der Waals surface area (Å²) in [6.45, 7) is 6.47. The van der Waals surface area contributed by atoms with E-state index in [9.17, 15) is 4.79 Å². The van der Waals surface area contributed by atoms with Crippen LogP contribution in [-0.2, 0) is 11.2 Å². The van der Waals surface area contributed by atoms with Crippen molar-refractivity contribution in [1.82, 2.24) is 10.3 Å². The predicted molar refractivity (Wildman–Crippen MR) is 110 cm³/mol. The van der Waals surface area contributed by atoms with E-state index < -0.39 is 6.10 Å². The van der Waals surface area contributed by atoms with E-state index in [-0.39, 0.29) is 11.7 Å². The van der Waals surface area contributed by atoms with Crippen molar-refractivity contribution < 1.29 is 18.9 Å². The standard InChI is InChI=1S/C22H25N3O4/c1-4-14-27-18-12-8-17(9-13-18)20-21(25-29-24-20)23-22(26)15(3)28-19-10-6-16(5-2)7-11-19/h6-13,15H,4-5,14H2,1-3H3,(H,23,25,26)/t15-/m0/s1. The van der Waals surface area contributed by atoms with Crippen molar-refractivity contribution in [3.05, 3.63) is 54.1 Å². The van der Waals surface area contributed by atoms with Crippen LogP contribution in [0.15, 0.2) is 53.2 Å². The Balaban J connectivity index is 1.64. The van der Waals surface area contributed by atoms with E-state index in [0.717, 1.165) is 24.2 Å². The van der Waals surface area contributed by atoms with Gasteiger partial charge in [0.05, 0.1) is 6.61 Å². The van der Waals surface area contributed by atoms with Gasteiger partial charge in [0.25, 0.3) is 5.91 Å². The summed E-state index contributed by atoms with van der Waals surface area (Å²) in [5.41, 5.74) is 2.41. The van der Waals surface area contributed by atoms with Crippen LogP contribution in [0.3, 0.4) is 0 Å². The fraction of sp³-hybridized carbons (Fsp3) is 0.318. The molecular formula is C22H25N3O4. The Hall–Kier alpha value is -3.35. The number of hydrogen-bond acceptors (Lipinski definition) is 6. The zero-order valence-corrected chi connectivity index (χ0v) is 16.8. The van der Waals surface area contributed by atoms with E-state index in [1.54, 1.807) is 6.92 Å². The molecule has 0 unspecified atom stereocenters. The van der Waals surface area contributed by atoms with Crippen molar-refractivity contribution >= 4 is 11.7 Å². The molecule has 2 aromatic carbocycles. The highest BCUT2D eigenvalue weighted by Crippen LogP contribution is 2.26. The SMILES string of the molecule is CCCOc1ccc(-c2nonc2NC(=O)[C@H](C)Oc2ccc(CC)cc2)cc1. The van der Waals surface area contributed by atoms with Crippen LogP contribution in [0.25, 0.3) is 11.3 Å². The summed E-state index contributed by atoms with van der Waals surface area (Å²) in [4.78, 5) is 12.5. The number of carbonyl (C=O) groups is 1. The Kier molecular flexibility index (Phi) is 6.84. The summed E-state index contributed by atoms with van der Waals surface area (Å²) in [6, 6.07) is 15.0. The van der Waals surface area contributed by atoms with Crippen LogP contribution in [0, 0.1) is 0 Å². The van der Waals surface area contributed by atoms with Gasteiger partial charge in [0.15, 0.2) is 11.8 Å². The van der Waals surface area contributed by atoms with Crippen LogP contribution >= 0.6 is 0 Å². The molecule has 1 heterocycles. The van der Waals surface area contributed by atoms with Crippen LogP contribution < -0.4 is 14.8 Å². The van der Waals surface area contributed by atoms with Crippen LogP contribution in [0.1, 0.15) is 32.8 Å². The lowest BCUT2D eigenvalue weighted by atomic mass is 10.1. The molecule has 0 saturated heterocycles. The molecule has 1 aromatic heterocycles. The third-order valence-electron chi connectivity index (χ3n) is 4.34. The molecular weight excluding hydrogens is 370 g/mol. The van der Waals surface area contributed by atoms with Crippen molar-refractivity contribution in [1.29, 1.82) is 0 Å². The van der Waals surface area contributed by atoms with Gasteiger partial charge in [0, 0.05) is 5.56 Å². The van der Waals surface area contributed by atoms with Crippen LogP contribution in [0.4, 0.5) is 5.82 Å². The second-order valence-electron chi connectivity index (χ2n) is 6.58. The van der Waals surface area contributed by atoms with E-state index in [0.29, 0.717) is 18.1 Å². The van der Waals surface area contributed by atoms with Crippen molar-refractivity contribution in [3.8, 4) is 22.8 Å². The first-order valence-corrected chi connectivity index (χ1v) is 9.73. The van der Waals surface area contributed by atoms with Crippen molar-refractivity contribution in [2.75, 3.05) is 11.9 Å². The minimum atomic E-state index is -0.711. The van der Waals surface area contributed by atoms with Gasteiger partial charge in [-0.2, -0.15) is 0 Å². The summed E-state index contributed by atoms with van der Waals surface area (Å²) in [6.07, 6.45) is 1.18. The monoisotopic (exact) mass is 395 g/mol. The number of carbonyl (C=O) groups excluding carboxylic acids is 1. The molecule has 29 heavy (non-hydrogen) atoms. The quantitative estimate of drug-likeness (QED) is 0.574. The number of hydrogen-bond donors (Lipinski definition) is 1. The highest BCUT2D eigenvalue weighted by Gasteiger charge is 2.20. The van der Waals surface area contributed by atoms with Crippen molar-refractivity contribution in [2.45, 2.75) is 39.7 Å². The van der Waals surface area contributed by atoms with Gasteiger partial charge in [-0.15, -0.1) is 0 Å². The molecule has 0 aliphatic heterocycles. The molecule has 0 aliphatic carbocycles. The van der Waals surface area contributed by atoms with E-state index >= 15 is 0 Å². The lowest BCUT2D eigenvalue weighted by molar-refractivity contribution is -0.122. The Morgan fingerprint density at radius 2 is 1.72 bits per heavy atom. The lowest BCUT2D eigenvalue weighted by Gasteiger charge is -2.14. The molecule has 0 bridgehead atoms. The van der Waals surface area contributed by atoms with Gasteiger partial charge in [0.1, 0.15) is 11.5 Å². The number of amides is 1. The van der Waals surface area contributed by atoms with E-state index in [4.69, 9.17) is 14.1 Å². The van der Waals surface area contributed by atoms with E-state index in [1.165, 1.54) is 5.56 Å². The third-order valence-corrected chi connectivity index (χ3v) is 4.34. The van der Waals surface area contributed by atoms with Gasteiger partial charge >= 0.3 is 0 Å². The van der Waals surface area contributed by atoms with Gasteiger partial charge in [-0.3, -0.25) is 4.79 Å². The molecule has 1 atom stereocenters. The second-order valence-corrected chi connectivity index (χ2v) is 6.58. The molecule has 1 N–H and O–H groups in total. The molecule has 0 radical (unpaired) electrons. The minimum Gasteiger partial charge on any atom is -0.494 e. The van der Waals surface area contributed by atoms with Crippen LogP contribution in [0.5, 0.6) is 11.5 Å². The molecule has 3 rings (SSSR count). The Morgan fingerprint density at radius 1 is 1.03 bits per heavy atom. The maximum atomic E-state index is 12.5. The normalized spacial score (nSPS) is 11.7. The summed E-state index contributed by atoms with van der Waals surface area (Å²) in [5, 5.41) is 10.4. The predicted octanol–water partition coefficient (Wildman–Crippen LogP) is 4.49. The number of rotatable bonds is 9. The first kappa shape index (κ1) is 20.4. The van der Waals surface area contributed by atoms with E-state index in [2.05, 4.69) is 29.5 Å². The third kappa shape index (κ3) is 5.34. The fourth-order valence-electron chi connectivity index (χ4n) is 2.67. The van der Waals surface area contributed by atoms with Gasteiger partial charge in [-0.05, 0) is 72.0 Å². The average molecular weight is 395 g/mol. The smallest absolute Gasteiger partial charge is 0.266 e. The summed E-state index contributed by atoms with van der Waals surface area (Å²) in [7, 11) is 0. The lowest BCUT2D eigenvalue weighted by Crippen LogP contribution is -2.30. The Bertz CT molecular complexity index is 920. The molecule has 0 aliphatic rings. The molecule has 7 nitrogen and oxygen atoms in total. The molecule has 1 amide bonds. The number of ether oxygens (including phenoxy) is 2. The molecule has 152 valence electrons. The zero-order valence-electron chi connectivity index (χ0n) is 16.8. The summed E-state index contributed by atoms with van der Waals surface area (Å²) >= 11 is 0. The molecule has 3 aromatic rings. The van der Waals surface area contributed by atoms with E-state index in [1.807, 2.05) is 48.5 Å².